The number of benzodiazepines with no additional fused rings is 1. The fourth-order valence-electron chi connectivity index (χ4n) is 4.13. The maximum atomic E-state index is 13.9. The molecule has 0 spiro atoms. The summed E-state index contributed by atoms with van der Waals surface area (Å²) in [6.45, 7) is -0.610. The summed E-state index contributed by atoms with van der Waals surface area (Å²) in [6.07, 6.45) is -1.89. The van der Waals surface area contributed by atoms with Crippen molar-refractivity contribution in [2.45, 2.75) is 18.6 Å². The first kappa shape index (κ1) is 29.2. The van der Waals surface area contributed by atoms with Gasteiger partial charge in [-0.2, -0.15) is 0 Å². The molecule has 4 N–H and O–H groups in total. The molecule has 1 heterocycles. The minimum absolute atomic E-state index is 0.0596. The van der Waals surface area contributed by atoms with Crippen LogP contribution < -0.4 is 15.5 Å². The second kappa shape index (κ2) is 12.6. The number of phenolic OH excluding ortho intramolecular Hbond substituents is 1. The van der Waals surface area contributed by atoms with Gasteiger partial charge in [0.25, 0.3) is 11.8 Å². The van der Waals surface area contributed by atoms with E-state index in [-0.39, 0.29) is 21.9 Å². The number of phenols is 1. The van der Waals surface area contributed by atoms with Crippen LogP contribution in [0.5, 0.6) is 5.75 Å². The predicted molar refractivity (Wildman–Crippen MR) is 151 cm³/mol. The summed E-state index contributed by atoms with van der Waals surface area (Å²) in [7, 11) is 0. The fourth-order valence-corrected chi connectivity index (χ4v) is 4.62. The third-order valence-electron chi connectivity index (χ3n) is 6.01. The van der Waals surface area contributed by atoms with Crippen LogP contribution in [0.15, 0.2) is 71.7 Å². The van der Waals surface area contributed by atoms with E-state index in [1.165, 1.54) is 12.1 Å². The number of carboxylic acids is 1. The van der Waals surface area contributed by atoms with Gasteiger partial charge in [0.05, 0.1) is 33.9 Å². The highest BCUT2D eigenvalue weighted by Gasteiger charge is 2.34. The molecule has 0 aromatic heterocycles. The van der Waals surface area contributed by atoms with Crippen molar-refractivity contribution in [3.8, 4) is 5.75 Å². The van der Waals surface area contributed by atoms with Gasteiger partial charge in [0.15, 0.2) is 5.75 Å². The molecule has 3 aromatic rings. The average Bonchev–Trinajstić information content (AvgIpc) is 3.06. The second-order valence-corrected chi connectivity index (χ2v) is 9.67. The summed E-state index contributed by atoms with van der Waals surface area (Å²) in [5, 5.41) is 23.3. The van der Waals surface area contributed by atoms with Gasteiger partial charge in [-0.15, -0.1) is 0 Å². The lowest BCUT2D eigenvalue weighted by molar-refractivity contribution is -0.138. The average molecular weight is 597 g/mol. The number of amides is 3. The van der Waals surface area contributed by atoms with E-state index in [1.54, 1.807) is 54.6 Å². The highest BCUT2D eigenvalue weighted by Crippen LogP contribution is 2.33. The standard InChI is InChI=1S/C28H22Cl2N4O7/c29-19-10-16(11-20(30)25(19)39)27(40)33-26-28(41)34(13-22(36)31-17(14-35)12-23(37)38)21-9-5-4-8-18(21)24(32-26)15-6-2-1-3-7-15/h1-11,14,17,26,39H,12-13H2,(H,31,36)(H,33,40)(H,37,38)/t17-,26?/m0/s1. The van der Waals surface area contributed by atoms with Gasteiger partial charge in [0.2, 0.25) is 12.1 Å². The van der Waals surface area contributed by atoms with E-state index in [0.29, 0.717) is 22.5 Å². The van der Waals surface area contributed by atoms with Crippen molar-refractivity contribution >= 4 is 64.6 Å². The Morgan fingerprint density at radius 1 is 1.02 bits per heavy atom. The van der Waals surface area contributed by atoms with Gasteiger partial charge < -0.3 is 25.6 Å². The zero-order valence-corrected chi connectivity index (χ0v) is 22.6. The number of rotatable bonds is 9. The molecule has 0 bridgehead atoms. The zero-order chi connectivity index (χ0) is 29.7. The van der Waals surface area contributed by atoms with Crippen LogP contribution in [0, 0.1) is 0 Å². The fraction of sp³-hybridized carbons (Fsp3) is 0.143. The maximum absolute atomic E-state index is 13.9. The normalized spacial score (nSPS) is 15.2. The molecular formula is C28H22Cl2N4O7. The zero-order valence-electron chi connectivity index (χ0n) is 21.1. The number of fused-ring (bicyclic) bond motifs is 1. The minimum atomic E-state index is -1.54. The number of halogens is 2. The number of aliphatic imine (C=N–C) groups is 1. The van der Waals surface area contributed by atoms with E-state index in [2.05, 4.69) is 15.6 Å². The van der Waals surface area contributed by atoms with Gasteiger partial charge in [0, 0.05) is 16.7 Å². The molecule has 41 heavy (non-hydrogen) atoms. The molecule has 1 unspecified atom stereocenters. The summed E-state index contributed by atoms with van der Waals surface area (Å²) >= 11 is 11.9. The molecule has 0 saturated heterocycles. The van der Waals surface area contributed by atoms with Crippen LogP contribution >= 0.6 is 23.2 Å². The van der Waals surface area contributed by atoms with Gasteiger partial charge in [-0.05, 0) is 18.2 Å². The lowest BCUT2D eigenvalue weighted by atomic mass is 10.0. The predicted octanol–water partition coefficient (Wildman–Crippen LogP) is 2.80. The molecular weight excluding hydrogens is 575 g/mol. The lowest BCUT2D eigenvalue weighted by Gasteiger charge is -2.25. The molecule has 0 aliphatic carbocycles. The Bertz CT molecular complexity index is 1540. The van der Waals surface area contributed by atoms with Crippen molar-refractivity contribution in [3.63, 3.8) is 0 Å². The molecule has 1 aliphatic rings. The highest BCUT2D eigenvalue weighted by molar-refractivity contribution is 6.37. The molecule has 0 fully saturated rings. The Morgan fingerprint density at radius 3 is 2.29 bits per heavy atom. The third kappa shape index (κ3) is 6.71. The van der Waals surface area contributed by atoms with E-state index >= 15 is 0 Å². The largest absolute Gasteiger partial charge is 0.505 e. The van der Waals surface area contributed by atoms with Crippen molar-refractivity contribution in [1.82, 2.24) is 10.6 Å². The lowest BCUT2D eigenvalue weighted by Crippen LogP contribution is -2.51. The highest BCUT2D eigenvalue weighted by atomic mass is 35.5. The topological polar surface area (TPSA) is 165 Å². The Hall–Kier alpha value is -4.74. The number of carbonyl (C=O) groups excluding carboxylic acids is 4. The number of carboxylic acid groups (broad SMARTS) is 1. The van der Waals surface area contributed by atoms with Crippen LogP contribution in [0.3, 0.4) is 0 Å². The molecule has 4 rings (SSSR count). The van der Waals surface area contributed by atoms with Crippen LogP contribution in [0.1, 0.15) is 27.9 Å². The Labute approximate surface area is 243 Å². The molecule has 13 heteroatoms. The van der Waals surface area contributed by atoms with Crippen LogP contribution in [-0.2, 0) is 19.2 Å². The number of carbonyl (C=O) groups is 5. The number of hydrogen-bond donors (Lipinski definition) is 4. The number of para-hydroxylation sites is 1. The first-order chi connectivity index (χ1) is 19.6. The van der Waals surface area contributed by atoms with Crippen LogP contribution in [0.25, 0.3) is 0 Å². The summed E-state index contributed by atoms with van der Waals surface area (Å²) in [5.74, 6) is -4.09. The molecule has 210 valence electrons. The number of anilines is 1. The molecule has 0 radical (unpaired) electrons. The van der Waals surface area contributed by atoms with Gasteiger partial charge in [-0.1, -0.05) is 71.7 Å². The minimum Gasteiger partial charge on any atom is -0.505 e. The molecule has 3 aromatic carbocycles. The van der Waals surface area contributed by atoms with Crippen molar-refractivity contribution in [2.75, 3.05) is 11.4 Å². The van der Waals surface area contributed by atoms with Crippen LogP contribution in [-0.4, -0.2) is 64.7 Å². The first-order valence-electron chi connectivity index (χ1n) is 12.1. The molecule has 11 nitrogen and oxygen atoms in total. The van der Waals surface area contributed by atoms with Crippen molar-refractivity contribution in [1.29, 1.82) is 0 Å². The number of aliphatic carboxylic acids is 1. The summed E-state index contributed by atoms with van der Waals surface area (Å²) in [6, 6.07) is 16.6. The number of hydrogen-bond acceptors (Lipinski definition) is 7. The van der Waals surface area contributed by atoms with E-state index in [4.69, 9.17) is 28.3 Å². The Balaban J connectivity index is 1.75. The van der Waals surface area contributed by atoms with Gasteiger partial charge in [-0.25, -0.2) is 4.99 Å². The van der Waals surface area contributed by atoms with Crippen molar-refractivity contribution in [2.24, 2.45) is 4.99 Å². The smallest absolute Gasteiger partial charge is 0.305 e. The Kier molecular flexibility index (Phi) is 9.00. The number of aldehydes is 1. The van der Waals surface area contributed by atoms with Gasteiger partial charge >= 0.3 is 5.97 Å². The number of nitrogens with zero attached hydrogens (tertiary/aromatic N) is 2. The third-order valence-corrected chi connectivity index (χ3v) is 6.59. The quantitative estimate of drug-likeness (QED) is 0.276. The van der Waals surface area contributed by atoms with Crippen LogP contribution in [0.4, 0.5) is 5.69 Å². The van der Waals surface area contributed by atoms with Gasteiger partial charge in [0.1, 0.15) is 12.8 Å². The molecule has 3 amide bonds. The molecule has 1 aliphatic heterocycles. The second-order valence-electron chi connectivity index (χ2n) is 8.86. The van der Waals surface area contributed by atoms with E-state index in [1.807, 2.05) is 0 Å². The SMILES string of the molecule is O=C[C@H](CC(=O)O)NC(=O)CN1C(=O)C(NC(=O)c2cc(Cl)c(O)c(Cl)c2)N=C(c2ccccc2)c2ccccc21. The first-order valence-corrected chi connectivity index (χ1v) is 12.8. The van der Waals surface area contributed by atoms with E-state index in [0.717, 1.165) is 4.90 Å². The van der Waals surface area contributed by atoms with Crippen LogP contribution in [0.2, 0.25) is 10.0 Å². The molecule has 2 atom stereocenters. The van der Waals surface area contributed by atoms with E-state index < -0.39 is 54.6 Å². The summed E-state index contributed by atoms with van der Waals surface area (Å²) in [4.78, 5) is 68.0. The van der Waals surface area contributed by atoms with Crippen molar-refractivity contribution < 1.29 is 34.2 Å². The number of aromatic hydroxyl groups is 1. The summed E-state index contributed by atoms with van der Waals surface area (Å²) in [5.41, 5.74) is 1.68. The molecule has 0 saturated carbocycles. The summed E-state index contributed by atoms with van der Waals surface area (Å²) < 4.78 is 0. The Morgan fingerprint density at radius 2 is 1.66 bits per heavy atom. The van der Waals surface area contributed by atoms with E-state index in [9.17, 15) is 29.1 Å². The maximum Gasteiger partial charge on any atom is 0.305 e. The van der Waals surface area contributed by atoms with Crippen molar-refractivity contribution in [3.05, 3.63) is 93.5 Å². The van der Waals surface area contributed by atoms with Gasteiger partial charge in [-0.3, -0.25) is 24.1 Å². The number of benzene rings is 3. The number of nitrogens with one attached hydrogen (secondary N) is 2. The monoisotopic (exact) mass is 596 g/mol.